The van der Waals surface area contributed by atoms with Gasteiger partial charge in [-0.15, -0.1) is 0 Å². The highest BCUT2D eigenvalue weighted by Crippen LogP contribution is 2.34. The summed E-state index contributed by atoms with van der Waals surface area (Å²) in [5.41, 5.74) is 4.84. The van der Waals surface area contributed by atoms with Crippen molar-refractivity contribution >= 4 is 5.78 Å². The predicted molar refractivity (Wildman–Crippen MR) is 124 cm³/mol. The van der Waals surface area contributed by atoms with Gasteiger partial charge in [-0.2, -0.15) is 0 Å². The molecule has 3 aromatic carbocycles. The SMILES string of the molecule is O=C(Cc1ccc(-c2ccccc2)cc1)C1CC2COCC(C1)N2Cc1ccccc1. The molecule has 2 saturated heterocycles. The van der Waals surface area contributed by atoms with E-state index in [0.29, 0.717) is 24.3 Å². The molecule has 0 aromatic heterocycles. The van der Waals surface area contributed by atoms with Gasteiger partial charge in [0.05, 0.1) is 13.2 Å². The van der Waals surface area contributed by atoms with Crippen LogP contribution >= 0.6 is 0 Å². The molecule has 2 unspecified atom stereocenters. The van der Waals surface area contributed by atoms with Gasteiger partial charge >= 0.3 is 0 Å². The number of carbonyl (C=O) groups is 1. The largest absolute Gasteiger partial charge is 0.378 e. The van der Waals surface area contributed by atoms with E-state index in [-0.39, 0.29) is 5.92 Å². The molecule has 0 radical (unpaired) electrons. The number of hydrogen-bond acceptors (Lipinski definition) is 3. The van der Waals surface area contributed by atoms with Gasteiger partial charge in [0.25, 0.3) is 0 Å². The maximum atomic E-state index is 13.2. The number of piperidine rings is 1. The van der Waals surface area contributed by atoms with Gasteiger partial charge in [-0.05, 0) is 35.1 Å². The molecule has 2 bridgehead atoms. The smallest absolute Gasteiger partial charge is 0.140 e. The zero-order valence-corrected chi connectivity index (χ0v) is 17.8. The first-order chi connectivity index (χ1) is 15.3. The third-order valence-corrected chi connectivity index (χ3v) is 6.77. The molecule has 0 aliphatic carbocycles. The third kappa shape index (κ3) is 4.63. The van der Waals surface area contributed by atoms with Gasteiger partial charge in [0.1, 0.15) is 5.78 Å². The number of ketones is 1. The minimum Gasteiger partial charge on any atom is -0.378 e. The lowest BCUT2D eigenvalue weighted by atomic mass is 9.80. The Kier molecular flexibility index (Phi) is 5.97. The van der Waals surface area contributed by atoms with E-state index in [1.54, 1.807) is 0 Å². The maximum Gasteiger partial charge on any atom is 0.140 e. The Bertz CT molecular complexity index is 986. The molecule has 0 amide bonds. The Morgan fingerprint density at radius 3 is 1.97 bits per heavy atom. The van der Waals surface area contributed by atoms with Crippen LogP contribution < -0.4 is 0 Å². The fraction of sp³-hybridized carbons (Fsp3) is 0.321. The van der Waals surface area contributed by atoms with Gasteiger partial charge in [-0.25, -0.2) is 0 Å². The van der Waals surface area contributed by atoms with E-state index in [9.17, 15) is 4.79 Å². The molecule has 2 aliphatic rings. The van der Waals surface area contributed by atoms with Crippen molar-refractivity contribution in [3.8, 4) is 11.1 Å². The Morgan fingerprint density at radius 1 is 0.742 bits per heavy atom. The number of hydrogen-bond donors (Lipinski definition) is 0. The summed E-state index contributed by atoms with van der Waals surface area (Å²) >= 11 is 0. The predicted octanol–water partition coefficient (Wildman–Crippen LogP) is 5.14. The van der Waals surface area contributed by atoms with E-state index in [1.165, 1.54) is 16.7 Å². The second kappa shape index (κ2) is 9.17. The van der Waals surface area contributed by atoms with Gasteiger partial charge in [0.2, 0.25) is 0 Å². The van der Waals surface area contributed by atoms with Crippen molar-refractivity contribution in [2.75, 3.05) is 13.2 Å². The molecule has 3 aromatic rings. The fourth-order valence-corrected chi connectivity index (χ4v) is 5.10. The molecule has 2 aliphatic heterocycles. The molecule has 0 saturated carbocycles. The van der Waals surface area contributed by atoms with Crippen LogP contribution in [0.5, 0.6) is 0 Å². The first kappa shape index (κ1) is 20.2. The topological polar surface area (TPSA) is 29.5 Å². The molecule has 2 fully saturated rings. The number of ether oxygens (including phenoxy) is 1. The van der Waals surface area contributed by atoms with Crippen LogP contribution in [0.2, 0.25) is 0 Å². The summed E-state index contributed by atoms with van der Waals surface area (Å²) < 4.78 is 5.85. The lowest BCUT2D eigenvalue weighted by molar-refractivity contribution is -0.133. The first-order valence-electron chi connectivity index (χ1n) is 11.3. The zero-order valence-electron chi connectivity index (χ0n) is 17.8. The maximum absolute atomic E-state index is 13.2. The second-order valence-corrected chi connectivity index (χ2v) is 8.88. The van der Waals surface area contributed by atoms with Gasteiger partial charge in [0, 0.05) is 31.0 Å². The number of rotatable bonds is 6. The number of carbonyl (C=O) groups excluding carboxylic acids is 1. The van der Waals surface area contributed by atoms with Crippen LogP contribution in [0.25, 0.3) is 11.1 Å². The summed E-state index contributed by atoms with van der Waals surface area (Å²) in [7, 11) is 0. The Hall–Kier alpha value is -2.75. The van der Waals surface area contributed by atoms with Crippen LogP contribution in [0.15, 0.2) is 84.9 Å². The molecular formula is C28H29NO2. The van der Waals surface area contributed by atoms with Gasteiger partial charge in [-0.1, -0.05) is 84.9 Å². The van der Waals surface area contributed by atoms with Crippen LogP contribution in [-0.4, -0.2) is 36.0 Å². The summed E-state index contributed by atoms with van der Waals surface area (Å²) in [6.45, 7) is 2.42. The summed E-state index contributed by atoms with van der Waals surface area (Å²) in [4.78, 5) is 15.7. The minimum atomic E-state index is 0.139. The van der Waals surface area contributed by atoms with Crippen LogP contribution in [-0.2, 0) is 22.5 Å². The summed E-state index contributed by atoms with van der Waals surface area (Å²) in [6, 6.07) is 30.1. The Morgan fingerprint density at radius 2 is 1.32 bits per heavy atom. The highest BCUT2D eigenvalue weighted by atomic mass is 16.5. The summed E-state index contributed by atoms with van der Waals surface area (Å²) in [6.07, 6.45) is 2.34. The molecule has 2 heterocycles. The van der Waals surface area contributed by atoms with Crippen molar-refractivity contribution in [3.05, 3.63) is 96.1 Å². The zero-order chi connectivity index (χ0) is 21.0. The first-order valence-corrected chi connectivity index (χ1v) is 11.3. The molecule has 3 heteroatoms. The molecule has 3 nitrogen and oxygen atoms in total. The van der Waals surface area contributed by atoms with Crippen molar-refractivity contribution in [3.63, 3.8) is 0 Å². The van der Waals surface area contributed by atoms with E-state index in [0.717, 1.165) is 38.2 Å². The molecule has 0 spiro atoms. The normalized spacial score (nSPS) is 23.4. The monoisotopic (exact) mass is 411 g/mol. The molecule has 0 N–H and O–H groups in total. The highest BCUT2D eigenvalue weighted by Gasteiger charge is 2.40. The number of morpholine rings is 1. The van der Waals surface area contributed by atoms with Crippen molar-refractivity contribution in [2.24, 2.45) is 5.92 Å². The average Bonchev–Trinajstić information content (AvgIpc) is 2.80. The number of fused-ring (bicyclic) bond motifs is 2. The quantitative estimate of drug-likeness (QED) is 0.562. The lowest BCUT2D eigenvalue weighted by Crippen LogP contribution is -2.57. The molecule has 158 valence electrons. The number of nitrogens with zero attached hydrogens (tertiary/aromatic N) is 1. The number of benzene rings is 3. The van der Waals surface area contributed by atoms with Gasteiger partial charge in [0.15, 0.2) is 0 Å². The standard InChI is InChI=1S/C28H29NO2/c30-28(15-21-11-13-24(14-12-21)23-9-5-2-6-10-23)25-16-26-19-31-20-27(17-25)29(26)18-22-7-3-1-4-8-22/h1-14,25-27H,15-20H2. The van der Waals surface area contributed by atoms with Crippen molar-refractivity contribution in [2.45, 2.75) is 37.9 Å². The Labute approximate surface area is 184 Å². The van der Waals surface area contributed by atoms with Crippen molar-refractivity contribution in [1.29, 1.82) is 0 Å². The van der Waals surface area contributed by atoms with E-state index < -0.39 is 0 Å². The minimum absolute atomic E-state index is 0.139. The number of Topliss-reactive ketones (excluding diaryl/α,β-unsaturated/α-hetero) is 1. The van der Waals surface area contributed by atoms with Crippen molar-refractivity contribution < 1.29 is 9.53 Å². The summed E-state index contributed by atoms with van der Waals surface area (Å²) in [5.74, 6) is 0.517. The average molecular weight is 412 g/mol. The molecule has 2 atom stereocenters. The second-order valence-electron chi connectivity index (χ2n) is 8.88. The van der Waals surface area contributed by atoms with Crippen LogP contribution in [0, 0.1) is 5.92 Å². The third-order valence-electron chi connectivity index (χ3n) is 6.77. The fourth-order valence-electron chi connectivity index (χ4n) is 5.10. The Balaban J connectivity index is 1.23. The molecule has 5 rings (SSSR count). The van der Waals surface area contributed by atoms with Gasteiger partial charge < -0.3 is 4.74 Å². The van der Waals surface area contributed by atoms with Crippen LogP contribution in [0.3, 0.4) is 0 Å². The van der Waals surface area contributed by atoms with Gasteiger partial charge in [-0.3, -0.25) is 9.69 Å². The van der Waals surface area contributed by atoms with E-state index in [2.05, 4.69) is 83.8 Å². The van der Waals surface area contributed by atoms with Crippen LogP contribution in [0.1, 0.15) is 24.0 Å². The van der Waals surface area contributed by atoms with E-state index in [1.807, 2.05) is 6.07 Å². The lowest BCUT2D eigenvalue weighted by Gasteiger charge is -2.48. The van der Waals surface area contributed by atoms with E-state index in [4.69, 9.17) is 4.74 Å². The van der Waals surface area contributed by atoms with E-state index >= 15 is 0 Å². The molecule has 31 heavy (non-hydrogen) atoms. The molecular weight excluding hydrogens is 382 g/mol. The highest BCUT2D eigenvalue weighted by molar-refractivity contribution is 5.83. The van der Waals surface area contributed by atoms with Crippen LogP contribution in [0.4, 0.5) is 0 Å². The summed E-state index contributed by atoms with van der Waals surface area (Å²) in [5, 5.41) is 0. The van der Waals surface area contributed by atoms with Crippen molar-refractivity contribution in [1.82, 2.24) is 4.90 Å².